The first-order valence-electron chi connectivity index (χ1n) is 6.42. The summed E-state index contributed by atoms with van der Waals surface area (Å²) in [5, 5.41) is 4.42. The van der Waals surface area contributed by atoms with Gasteiger partial charge >= 0.3 is 0 Å². The molecule has 0 saturated carbocycles. The minimum absolute atomic E-state index is 0.125. The minimum atomic E-state index is 0.125. The minimum Gasteiger partial charge on any atom is -0.369 e. The van der Waals surface area contributed by atoms with Crippen molar-refractivity contribution in [2.45, 2.75) is 45.1 Å². The van der Waals surface area contributed by atoms with Crippen molar-refractivity contribution in [3.05, 3.63) is 11.9 Å². The summed E-state index contributed by atoms with van der Waals surface area (Å²) in [7, 11) is 2.03. The highest BCUT2D eigenvalue weighted by molar-refractivity contribution is 5.52. The van der Waals surface area contributed by atoms with E-state index >= 15 is 0 Å². The zero-order valence-corrected chi connectivity index (χ0v) is 11.4. The highest BCUT2D eigenvalue weighted by atomic mass is 15.3. The van der Waals surface area contributed by atoms with Crippen LogP contribution in [0.3, 0.4) is 0 Å². The zero-order chi connectivity index (χ0) is 12.6. The van der Waals surface area contributed by atoms with Crippen LogP contribution in [0.25, 0.3) is 0 Å². The van der Waals surface area contributed by atoms with Crippen LogP contribution >= 0.6 is 0 Å². The number of nitrogens with zero attached hydrogens (tertiary/aromatic N) is 3. The van der Waals surface area contributed by atoms with E-state index in [1.54, 1.807) is 0 Å². The molecule has 2 rings (SSSR count). The summed E-state index contributed by atoms with van der Waals surface area (Å²) in [6.45, 7) is 8.82. The van der Waals surface area contributed by atoms with Gasteiger partial charge in [-0.15, -0.1) is 0 Å². The van der Waals surface area contributed by atoms with Crippen LogP contribution in [-0.2, 0) is 12.5 Å². The van der Waals surface area contributed by atoms with Crippen molar-refractivity contribution in [3.8, 4) is 0 Å². The molecule has 0 atom stereocenters. The Bertz CT molecular complexity index is 381. The van der Waals surface area contributed by atoms with Crippen LogP contribution < -0.4 is 10.6 Å². The molecule has 0 aliphatic carbocycles. The van der Waals surface area contributed by atoms with Crippen molar-refractivity contribution in [2.75, 3.05) is 18.0 Å². The molecular formula is C13H24N4. The van der Waals surface area contributed by atoms with Crippen molar-refractivity contribution in [1.82, 2.24) is 9.78 Å². The number of hydrogen-bond donors (Lipinski definition) is 1. The van der Waals surface area contributed by atoms with Crippen molar-refractivity contribution >= 4 is 5.69 Å². The largest absolute Gasteiger partial charge is 0.369 e. The van der Waals surface area contributed by atoms with Crippen molar-refractivity contribution in [3.63, 3.8) is 0 Å². The van der Waals surface area contributed by atoms with E-state index in [1.807, 2.05) is 17.9 Å². The lowest BCUT2D eigenvalue weighted by Crippen LogP contribution is -2.40. The number of hydrogen-bond acceptors (Lipinski definition) is 3. The average molecular weight is 236 g/mol. The maximum absolute atomic E-state index is 5.96. The summed E-state index contributed by atoms with van der Waals surface area (Å²) in [6.07, 6.45) is 4.16. The first-order chi connectivity index (χ1) is 7.89. The number of aromatic nitrogens is 2. The molecule has 0 spiro atoms. The van der Waals surface area contributed by atoms with Crippen molar-refractivity contribution in [1.29, 1.82) is 0 Å². The maximum Gasteiger partial charge on any atom is 0.0790 e. The first kappa shape index (κ1) is 12.4. The standard InChI is InChI=1S/C13H24N4/c1-13(2,3)12-11(9-15-16(12)4)17-7-5-10(14)6-8-17/h9-10H,5-8,14H2,1-4H3. The molecule has 17 heavy (non-hydrogen) atoms. The molecule has 1 saturated heterocycles. The fourth-order valence-electron chi connectivity index (χ4n) is 2.67. The van der Waals surface area contributed by atoms with Gasteiger partial charge < -0.3 is 10.6 Å². The second-order valence-corrected chi connectivity index (χ2v) is 6.08. The van der Waals surface area contributed by atoms with Crippen LogP contribution in [0.15, 0.2) is 6.20 Å². The molecule has 96 valence electrons. The Morgan fingerprint density at radius 2 is 1.88 bits per heavy atom. The molecule has 1 aliphatic heterocycles. The number of anilines is 1. The molecule has 1 aliphatic rings. The third kappa shape index (κ3) is 2.46. The average Bonchev–Trinajstić information content (AvgIpc) is 2.61. The number of aryl methyl sites for hydroxylation is 1. The SMILES string of the molecule is Cn1ncc(N2CCC(N)CC2)c1C(C)(C)C. The molecule has 0 bridgehead atoms. The van der Waals surface area contributed by atoms with Crippen molar-refractivity contribution < 1.29 is 0 Å². The summed E-state index contributed by atoms with van der Waals surface area (Å²) >= 11 is 0. The van der Waals surface area contributed by atoms with E-state index < -0.39 is 0 Å². The van der Waals surface area contributed by atoms with Crippen molar-refractivity contribution in [2.24, 2.45) is 12.8 Å². The molecule has 1 fully saturated rings. The van der Waals surface area contributed by atoms with E-state index in [4.69, 9.17) is 5.73 Å². The van der Waals surface area contributed by atoms with Crippen LogP contribution in [0.1, 0.15) is 39.3 Å². The smallest absolute Gasteiger partial charge is 0.0790 e. The van der Waals surface area contributed by atoms with E-state index in [1.165, 1.54) is 11.4 Å². The quantitative estimate of drug-likeness (QED) is 0.806. The Morgan fingerprint density at radius 1 is 1.29 bits per heavy atom. The first-order valence-corrected chi connectivity index (χ1v) is 6.42. The molecule has 4 nitrogen and oxygen atoms in total. The molecule has 1 aromatic rings. The Hall–Kier alpha value is -1.03. The monoisotopic (exact) mass is 236 g/mol. The maximum atomic E-state index is 5.96. The van der Waals surface area contributed by atoms with Crippen LogP contribution in [0, 0.1) is 0 Å². The number of piperidine rings is 1. The van der Waals surface area contributed by atoms with E-state index in [0.29, 0.717) is 6.04 Å². The van der Waals surface area contributed by atoms with E-state index in [0.717, 1.165) is 25.9 Å². The van der Waals surface area contributed by atoms with Gasteiger partial charge in [0.1, 0.15) is 0 Å². The van der Waals surface area contributed by atoms with E-state index in [9.17, 15) is 0 Å². The second kappa shape index (κ2) is 4.33. The summed E-state index contributed by atoms with van der Waals surface area (Å²) in [5.74, 6) is 0. The van der Waals surface area contributed by atoms with Crippen LogP contribution in [0.5, 0.6) is 0 Å². The van der Waals surface area contributed by atoms with Gasteiger partial charge in [-0.2, -0.15) is 5.10 Å². The second-order valence-electron chi connectivity index (χ2n) is 6.08. The summed E-state index contributed by atoms with van der Waals surface area (Å²) < 4.78 is 2.00. The molecule has 2 N–H and O–H groups in total. The Balaban J connectivity index is 2.27. The molecule has 2 heterocycles. The van der Waals surface area contributed by atoms with Gasteiger partial charge in [0.25, 0.3) is 0 Å². The van der Waals surface area contributed by atoms with Gasteiger partial charge in [-0.05, 0) is 12.8 Å². The van der Waals surface area contributed by atoms with Gasteiger partial charge in [0, 0.05) is 31.6 Å². The Labute approximate surface area is 104 Å². The van der Waals surface area contributed by atoms with Crippen LogP contribution in [-0.4, -0.2) is 28.9 Å². The predicted molar refractivity (Wildman–Crippen MR) is 71.3 cm³/mol. The van der Waals surface area contributed by atoms with E-state index in [-0.39, 0.29) is 5.41 Å². The summed E-state index contributed by atoms with van der Waals surface area (Å²) in [5.41, 5.74) is 8.68. The lowest BCUT2D eigenvalue weighted by Gasteiger charge is -2.33. The third-order valence-corrected chi connectivity index (χ3v) is 3.51. The predicted octanol–water partition coefficient (Wildman–Crippen LogP) is 1.65. The molecule has 0 unspecified atom stereocenters. The number of nitrogens with two attached hydrogens (primary N) is 1. The lowest BCUT2D eigenvalue weighted by molar-refractivity contribution is 0.489. The third-order valence-electron chi connectivity index (χ3n) is 3.51. The van der Waals surface area contributed by atoms with Crippen LogP contribution in [0.4, 0.5) is 5.69 Å². The van der Waals surface area contributed by atoms with Gasteiger partial charge in [-0.1, -0.05) is 20.8 Å². The fraction of sp³-hybridized carbons (Fsp3) is 0.769. The summed E-state index contributed by atoms with van der Waals surface area (Å²) in [6, 6.07) is 0.376. The Kier molecular flexibility index (Phi) is 3.17. The molecule has 0 amide bonds. The zero-order valence-electron chi connectivity index (χ0n) is 11.4. The molecule has 4 heteroatoms. The Morgan fingerprint density at radius 3 is 2.41 bits per heavy atom. The molecule has 0 radical (unpaired) electrons. The van der Waals surface area contributed by atoms with Gasteiger partial charge in [0.05, 0.1) is 17.6 Å². The van der Waals surface area contributed by atoms with E-state index in [2.05, 4.69) is 30.8 Å². The number of rotatable bonds is 1. The van der Waals surface area contributed by atoms with Gasteiger partial charge in [-0.25, -0.2) is 0 Å². The highest BCUT2D eigenvalue weighted by Crippen LogP contribution is 2.32. The molecule has 0 aromatic carbocycles. The molecule has 1 aromatic heterocycles. The fourth-order valence-corrected chi connectivity index (χ4v) is 2.67. The lowest BCUT2D eigenvalue weighted by atomic mass is 9.90. The normalized spacial score (nSPS) is 18.8. The summed E-state index contributed by atoms with van der Waals surface area (Å²) in [4.78, 5) is 2.43. The molecular weight excluding hydrogens is 212 g/mol. The topological polar surface area (TPSA) is 47.1 Å². The van der Waals surface area contributed by atoms with Gasteiger partial charge in [-0.3, -0.25) is 4.68 Å². The van der Waals surface area contributed by atoms with Crippen LogP contribution in [0.2, 0.25) is 0 Å². The highest BCUT2D eigenvalue weighted by Gasteiger charge is 2.27. The van der Waals surface area contributed by atoms with Gasteiger partial charge in [0.15, 0.2) is 0 Å². The van der Waals surface area contributed by atoms with Gasteiger partial charge in [0.2, 0.25) is 0 Å².